The minimum Gasteiger partial charge on any atom is -0.387 e. The van der Waals surface area contributed by atoms with E-state index in [0.29, 0.717) is 12.1 Å². The van der Waals surface area contributed by atoms with E-state index in [1.54, 1.807) is 42.7 Å². The quantitative estimate of drug-likeness (QED) is 0.864. The summed E-state index contributed by atoms with van der Waals surface area (Å²) in [7, 11) is 0. The highest BCUT2D eigenvalue weighted by molar-refractivity contribution is 5.92. The van der Waals surface area contributed by atoms with Crippen molar-refractivity contribution < 1.29 is 9.90 Å². The molecular formula is C20H22N4O2. The number of hydrogen-bond donors (Lipinski definition) is 2. The number of aliphatic hydroxyl groups excluding tert-OH is 1. The van der Waals surface area contributed by atoms with E-state index in [2.05, 4.69) is 21.3 Å². The molecule has 26 heavy (non-hydrogen) atoms. The van der Waals surface area contributed by atoms with E-state index in [1.165, 1.54) is 0 Å². The SMILES string of the molecule is N#Cc1ccc(C(O)CN2CCC(C(=O)Nc3cccnc3)CC2)cc1. The van der Waals surface area contributed by atoms with Gasteiger partial charge in [-0.3, -0.25) is 9.78 Å². The molecule has 2 heterocycles. The molecule has 6 nitrogen and oxygen atoms in total. The van der Waals surface area contributed by atoms with Gasteiger partial charge < -0.3 is 15.3 Å². The molecule has 0 bridgehead atoms. The molecular weight excluding hydrogens is 328 g/mol. The molecule has 0 radical (unpaired) electrons. The lowest BCUT2D eigenvalue weighted by Crippen LogP contribution is -2.40. The molecule has 1 saturated heterocycles. The largest absolute Gasteiger partial charge is 0.387 e. The van der Waals surface area contributed by atoms with Gasteiger partial charge in [0.2, 0.25) is 5.91 Å². The van der Waals surface area contributed by atoms with Gasteiger partial charge in [-0.15, -0.1) is 0 Å². The molecule has 0 aliphatic carbocycles. The number of piperidine rings is 1. The van der Waals surface area contributed by atoms with Crippen LogP contribution in [0.2, 0.25) is 0 Å². The van der Waals surface area contributed by atoms with Crippen molar-refractivity contribution in [2.75, 3.05) is 25.0 Å². The summed E-state index contributed by atoms with van der Waals surface area (Å²) in [5.41, 5.74) is 2.11. The second kappa shape index (κ2) is 8.56. The topological polar surface area (TPSA) is 89.2 Å². The number of hydrogen-bond acceptors (Lipinski definition) is 5. The van der Waals surface area contributed by atoms with E-state index in [-0.39, 0.29) is 11.8 Å². The van der Waals surface area contributed by atoms with E-state index in [4.69, 9.17) is 5.26 Å². The maximum atomic E-state index is 12.3. The highest BCUT2D eigenvalue weighted by atomic mass is 16.3. The van der Waals surface area contributed by atoms with Crippen molar-refractivity contribution in [1.29, 1.82) is 5.26 Å². The van der Waals surface area contributed by atoms with Crippen LogP contribution >= 0.6 is 0 Å². The van der Waals surface area contributed by atoms with Crippen LogP contribution in [0.3, 0.4) is 0 Å². The predicted molar refractivity (Wildman–Crippen MR) is 98.1 cm³/mol. The van der Waals surface area contributed by atoms with E-state index >= 15 is 0 Å². The number of nitrogens with zero attached hydrogens (tertiary/aromatic N) is 3. The maximum absolute atomic E-state index is 12.3. The Kier molecular flexibility index (Phi) is 5.95. The highest BCUT2D eigenvalue weighted by Gasteiger charge is 2.26. The number of carbonyl (C=O) groups is 1. The van der Waals surface area contributed by atoms with Gasteiger partial charge in [-0.25, -0.2) is 0 Å². The van der Waals surface area contributed by atoms with Crippen molar-refractivity contribution in [2.45, 2.75) is 18.9 Å². The summed E-state index contributed by atoms with van der Waals surface area (Å²) in [5.74, 6) is 0.0174. The second-order valence-corrected chi connectivity index (χ2v) is 6.56. The zero-order valence-electron chi connectivity index (χ0n) is 14.5. The lowest BCUT2D eigenvalue weighted by molar-refractivity contribution is -0.121. The van der Waals surface area contributed by atoms with Gasteiger partial charge in [0, 0.05) is 18.7 Å². The van der Waals surface area contributed by atoms with Gasteiger partial charge in [-0.1, -0.05) is 12.1 Å². The summed E-state index contributed by atoms with van der Waals surface area (Å²) in [6, 6.07) is 12.7. The van der Waals surface area contributed by atoms with Crippen molar-refractivity contribution in [3.8, 4) is 6.07 Å². The van der Waals surface area contributed by atoms with Crippen LogP contribution in [0.1, 0.15) is 30.1 Å². The Morgan fingerprint density at radius 3 is 2.65 bits per heavy atom. The molecule has 0 saturated carbocycles. The first-order valence-corrected chi connectivity index (χ1v) is 8.77. The molecule has 1 aliphatic rings. The Hall–Kier alpha value is -2.75. The zero-order chi connectivity index (χ0) is 18.4. The minimum atomic E-state index is -0.594. The molecule has 2 aromatic rings. The van der Waals surface area contributed by atoms with Crippen LogP contribution in [-0.4, -0.2) is 40.5 Å². The second-order valence-electron chi connectivity index (χ2n) is 6.56. The summed E-state index contributed by atoms with van der Waals surface area (Å²) in [5, 5.41) is 22.1. The maximum Gasteiger partial charge on any atom is 0.227 e. The standard InChI is InChI=1S/C20H22N4O2/c21-12-15-3-5-16(6-4-15)19(25)14-24-10-7-17(8-11-24)20(26)23-18-2-1-9-22-13-18/h1-6,9,13,17,19,25H,7-8,10-11,14H2,(H,23,26). The first kappa shape index (κ1) is 18.1. The van der Waals surface area contributed by atoms with E-state index in [9.17, 15) is 9.90 Å². The average molecular weight is 350 g/mol. The average Bonchev–Trinajstić information content (AvgIpc) is 2.69. The molecule has 1 unspecified atom stereocenters. The van der Waals surface area contributed by atoms with Crippen LogP contribution in [0.15, 0.2) is 48.8 Å². The Morgan fingerprint density at radius 2 is 2.04 bits per heavy atom. The Bertz CT molecular complexity index is 763. The third-order valence-corrected chi connectivity index (χ3v) is 4.74. The van der Waals surface area contributed by atoms with Crippen LogP contribution in [0.5, 0.6) is 0 Å². The number of β-amino-alcohol motifs (C(OH)–C–C–N with tert-alkyl or cyclic N) is 1. The normalized spacial score (nSPS) is 16.6. The van der Waals surface area contributed by atoms with Crippen LogP contribution in [-0.2, 0) is 4.79 Å². The van der Waals surface area contributed by atoms with Gasteiger partial charge in [-0.2, -0.15) is 5.26 Å². The number of aliphatic hydroxyl groups is 1. The van der Waals surface area contributed by atoms with Crippen LogP contribution in [0.25, 0.3) is 0 Å². The number of aromatic nitrogens is 1. The van der Waals surface area contributed by atoms with Gasteiger partial charge in [0.25, 0.3) is 0 Å². The summed E-state index contributed by atoms with van der Waals surface area (Å²) < 4.78 is 0. The summed E-state index contributed by atoms with van der Waals surface area (Å²) in [6.45, 7) is 2.08. The van der Waals surface area contributed by atoms with E-state index < -0.39 is 6.10 Å². The van der Waals surface area contributed by atoms with Gasteiger partial charge in [-0.05, 0) is 55.8 Å². The fourth-order valence-electron chi connectivity index (χ4n) is 3.19. The zero-order valence-corrected chi connectivity index (χ0v) is 14.5. The molecule has 0 spiro atoms. The summed E-state index contributed by atoms with van der Waals surface area (Å²) >= 11 is 0. The number of nitrogens with one attached hydrogen (secondary N) is 1. The fraction of sp³-hybridized carbons (Fsp3) is 0.350. The minimum absolute atomic E-state index is 0.0153. The third-order valence-electron chi connectivity index (χ3n) is 4.74. The molecule has 6 heteroatoms. The van der Waals surface area contributed by atoms with Gasteiger partial charge in [0.1, 0.15) is 0 Å². The number of anilines is 1. The number of pyridine rings is 1. The Labute approximate surface area is 153 Å². The number of benzene rings is 1. The third kappa shape index (κ3) is 4.66. The molecule has 1 aromatic heterocycles. The van der Waals surface area contributed by atoms with E-state index in [0.717, 1.165) is 37.2 Å². The van der Waals surface area contributed by atoms with Crippen molar-refractivity contribution >= 4 is 11.6 Å². The number of amides is 1. The smallest absolute Gasteiger partial charge is 0.227 e. The molecule has 3 rings (SSSR count). The predicted octanol–water partition coefficient (Wildman–Crippen LogP) is 2.34. The first-order chi connectivity index (χ1) is 12.7. The molecule has 2 N–H and O–H groups in total. The summed E-state index contributed by atoms with van der Waals surface area (Å²) in [6.07, 6.45) is 4.26. The number of rotatable bonds is 5. The van der Waals surface area contributed by atoms with E-state index in [1.807, 2.05) is 6.07 Å². The molecule has 134 valence electrons. The van der Waals surface area contributed by atoms with Gasteiger partial charge >= 0.3 is 0 Å². The molecule has 1 aliphatic heterocycles. The van der Waals surface area contributed by atoms with Crippen LogP contribution < -0.4 is 5.32 Å². The first-order valence-electron chi connectivity index (χ1n) is 8.77. The van der Waals surface area contributed by atoms with Crippen LogP contribution in [0.4, 0.5) is 5.69 Å². The number of carbonyl (C=O) groups excluding carboxylic acids is 1. The van der Waals surface area contributed by atoms with Crippen molar-refractivity contribution in [3.63, 3.8) is 0 Å². The number of likely N-dealkylation sites (tertiary alicyclic amines) is 1. The molecule has 1 aromatic carbocycles. The molecule has 1 atom stereocenters. The number of nitriles is 1. The van der Waals surface area contributed by atoms with Crippen molar-refractivity contribution in [1.82, 2.24) is 9.88 Å². The summed E-state index contributed by atoms with van der Waals surface area (Å²) in [4.78, 5) is 18.5. The fourth-order valence-corrected chi connectivity index (χ4v) is 3.19. The van der Waals surface area contributed by atoms with Crippen LogP contribution in [0, 0.1) is 17.2 Å². The Morgan fingerprint density at radius 1 is 1.31 bits per heavy atom. The van der Waals surface area contributed by atoms with Crippen molar-refractivity contribution in [2.24, 2.45) is 5.92 Å². The highest BCUT2D eigenvalue weighted by Crippen LogP contribution is 2.22. The molecule has 1 amide bonds. The monoisotopic (exact) mass is 350 g/mol. The lowest BCUT2D eigenvalue weighted by Gasteiger charge is -2.32. The van der Waals surface area contributed by atoms with Gasteiger partial charge in [0.05, 0.1) is 29.6 Å². The van der Waals surface area contributed by atoms with Crippen molar-refractivity contribution in [3.05, 3.63) is 59.9 Å². The molecule has 1 fully saturated rings. The Balaban J connectivity index is 1.47. The lowest BCUT2D eigenvalue weighted by atomic mass is 9.95. The van der Waals surface area contributed by atoms with Gasteiger partial charge in [0.15, 0.2) is 0 Å².